The molecule has 1 N–H and O–H groups in total. The molecule has 4 rings (SSSR count). The number of carbonyl (C=O) groups is 2. The number of Topliss-reactive ketones (excluding diaryl/α,β-unsaturated/α-hetero) is 1. The summed E-state index contributed by atoms with van der Waals surface area (Å²) in [5.41, 5.74) is 1.29. The molecule has 0 radical (unpaired) electrons. The largest absolute Gasteiger partial charge is 0.308 e. The Labute approximate surface area is 186 Å². The summed E-state index contributed by atoms with van der Waals surface area (Å²) in [5, 5.41) is 7.13. The van der Waals surface area contributed by atoms with Gasteiger partial charge < -0.3 is 5.32 Å². The fourth-order valence-corrected chi connectivity index (χ4v) is 5.43. The third-order valence-electron chi connectivity index (χ3n) is 5.48. The fourth-order valence-electron chi connectivity index (χ4n) is 3.78. The highest BCUT2D eigenvalue weighted by Crippen LogP contribution is 2.26. The molecule has 1 aromatic heterocycles. The van der Waals surface area contributed by atoms with Crippen LogP contribution in [0.5, 0.6) is 0 Å². The van der Waals surface area contributed by atoms with Crippen LogP contribution in [-0.2, 0) is 14.8 Å². The van der Waals surface area contributed by atoms with Crippen LogP contribution in [-0.4, -0.2) is 46.8 Å². The van der Waals surface area contributed by atoms with E-state index in [1.165, 1.54) is 35.5 Å². The van der Waals surface area contributed by atoms with Crippen molar-refractivity contribution in [3.63, 3.8) is 0 Å². The molecule has 1 unspecified atom stereocenters. The second-order valence-electron chi connectivity index (χ2n) is 7.68. The van der Waals surface area contributed by atoms with Crippen LogP contribution in [0.1, 0.15) is 36.5 Å². The van der Waals surface area contributed by atoms with Gasteiger partial charge in [-0.3, -0.25) is 9.59 Å². The van der Waals surface area contributed by atoms with Gasteiger partial charge in [-0.25, -0.2) is 13.1 Å². The number of rotatable bonds is 6. The van der Waals surface area contributed by atoms with Gasteiger partial charge in [0.15, 0.2) is 11.6 Å². The predicted molar refractivity (Wildman–Crippen MR) is 120 cm³/mol. The number of aromatic nitrogens is 2. The number of ketones is 1. The fraction of sp³-hybridized carbons (Fsp3) is 0.261. The van der Waals surface area contributed by atoms with Gasteiger partial charge in [-0.15, -0.1) is 0 Å². The molecule has 1 amide bonds. The molecule has 0 bridgehead atoms. The van der Waals surface area contributed by atoms with Crippen molar-refractivity contribution in [3.05, 3.63) is 72.4 Å². The Hall–Kier alpha value is -3.30. The number of anilines is 1. The topological polar surface area (TPSA) is 101 Å². The second-order valence-corrected chi connectivity index (χ2v) is 9.57. The standard InChI is InChI=1S/C23H24N4O4S/c1-17(28)18-10-12-20(13-11-18)32(30,31)27-15-6-5-9-21(27)23(29)24-22-14-16-26(25-22)19-7-3-2-4-8-19/h2-4,7-8,10-14,16,21H,5-6,9,15H2,1H3,(H,24,25,29). The summed E-state index contributed by atoms with van der Waals surface area (Å²) in [6, 6.07) is 16.1. The van der Waals surface area contributed by atoms with Crippen molar-refractivity contribution in [1.82, 2.24) is 14.1 Å². The first kappa shape index (κ1) is 21.9. The molecule has 9 heteroatoms. The van der Waals surface area contributed by atoms with Crippen LogP contribution in [0.4, 0.5) is 5.82 Å². The summed E-state index contributed by atoms with van der Waals surface area (Å²) in [5.74, 6) is -0.196. The lowest BCUT2D eigenvalue weighted by molar-refractivity contribution is -0.120. The van der Waals surface area contributed by atoms with E-state index < -0.39 is 22.0 Å². The van der Waals surface area contributed by atoms with Crippen LogP contribution in [0.2, 0.25) is 0 Å². The SMILES string of the molecule is CC(=O)c1ccc(S(=O)(=O)N2CCCCC2C(=O)Nc2ccn(-c3ccccc3)n2)cc1. The van der Waals surface area contributed by atoms with Crippen molar-refractivity contribution in [2.45, 2.75) is 37.1 Å². The minimum Gasteiger partial charge on any atom is -0.308 e. The third kappa shape index (κ3) is 4.49. The van der Waals surface area contributed by atoms with E-state index in [2.05, 4.69) is 10.4 Å². The monoisotopic (exact) mass is 452 g/mol. The number of piperidine rings is 1. The molecule has 3 aromatic rings. The maximum atomic E-state index is 13.3. The average molecular weight is 453 g/mol. The lowest BCUT2D eigenvalue weighted by Crippen LogP contribution is -2.49. The van der Waals surface area contributed by atoms with Crippen molar-refractivity contribution in [3.8, 4) is 5.69 Å². The summed E-state index contributed by atoms with van der Waals surface area (Å²) in [6.45, 7) is 1.68. The second kappa shape index (κ2) is 9.05. The van der Waals surface area contributed by atoms with Crippen LogP contribution < -0.4 is 5.32 Å². The van der Waals surface area contributed by atoms with Crippen LogP contribution in [0.3, 0.4) is 0 Å². The van der Waals surface area contributed by atoms with E-state index in [0.29, 0.717) is 24.2 Å². The van der Waals surface area contributed by atoms with Gasteiger partial charge in [0.2, 0.25) is 15.9 Å². The molecular weight excluding hydrogens is 428 g/mol. The third-order valence-corrected chi connectivity index (χ3v) is 7.41. The number of hydrogen-bond donors (Lipinski definition) is 1. The minimum absolute atomic E-state index is 0.0653. The van der Waals surface area contributed by atoms with E-state index in [-0.39, 0.29) is 17.2 Å². The zero-order valence-corrected chi connectivity index (χ0v) is 18.5. The number of benzene rings is 2. The van der Waals surface area contributed by atoms with Crippen LogP contribution in [0.25, 0.3) is 5.69 Å². The quantitative estimate of drug-likeness (QED) is 0.579. The number of sulfonamides is 1. The van der Waals surface area contributed by atoms with E-state index in [0.717, 1.165) is 12.1 Å². The Morgan fingerprint density at radius 2 is 1.72 bits per heavy atom. The normalized spacial score (nSPS) is 17.1. The van der Waals surface area contributed by atoms with E-state index in [9.17, 15) is 18.0 Å². The molecule has 1 fully saturated rings. The Morgan fingerprint density at radius 3 is 2.41 bits per heavy atom. The predicted octanol–water partition coefficient (Wildman–Crippen LogP) is 3.26. The van der Waals surface area contributed by atoms with Gasteiger partial charge in [0.05, 0.1) is 10.6 Å². The lowest BCUT2D eigenvalue weighted by Gasteiger charge is -2.33. The zero-order chi connectivity index (χ0) is 22.7. The Morgan fingerprint density at radius 1 is 1.00 bits per heavy atom. The van der Waals surface area contributed by atoms with E-state index in [4.69, 9.17) is 0 Å². The van der Waals surface area contributed by atoms with Crippen LogP contribution >= 0.6 is 0 Å². The van der Waals surface area contributed by atoms with Gasteiger partial charge in [-0.05, 0) is 44.0 Å². The first-order valence-electron chi connectivity index (χ1n) is 10.4. The van der Waals surface area contributed by atoms with Gasteiger partial charge >= 0.3 is 0 Å². The first-order valence-corrected chi connectivity index (χ1v) is 11.8. The molecule has 0 spiro atoms. The summed E-state index contributed by atoms with van der Waals surface area (Å²) < 4.78 is 29.4. The summed E-state index contributed by atoms with van der Waals surface area (Å²) >= 11 is 0. The van der Waals surface area contributed by atoms with Crippen molar-refractivity contribution in [2.24, 2.45) is 0 Å². The van der Waals surface area contributed by atoms with Crippen LogP contribution in [0.15, 0.2) is 71.8 Å². The van der Waals surface area contributed by atoms with Gasteiger partial charge in [0.1, 0.15) is 6.04 Å². The highest BCUT2D eigenvalue weighted by atomic mass is 32.2. The molecule has 1 aliphatic rings. The van der Waals surface area contributed by atoms with Crippen molar-refractivity contribution < 1.29 is 18.0 Å². The molecule has 0 saturated carbocycles. The van der Waals surface area contributed by atoms with Crippen molar-refractivity contribution >= 4 is 27.5 Å². The van der Waals surface area contributed by atoms with Crippen molar-refractivity contribution in [2.75, 3.05) is 11.9 Å². The lowest BCUT2D eigenvalue weighted by atomic mass is 10.0. The minimum atomic E-state index is -3.89. The Kier molecular flexibility index (Phi) is 6.20. The van der Waals surface area contributed by atoms with Gasteiger partial charge in [-0.1, -0.05) is 36.8 Å². The number of carbonyl (C=O) groups excluding carboxylic acids is 2. The molecule has 8 nitrogen and oxygen atoms in total. The maximum Gasteiger partial charge on any atom is 0.244 e. The van der Waals surface area contributed by atoms with E-state index >= 15 is 0 Å². The summed E-state index contributed by atoms with van der Waals surface area (Å²) in [4.78, 5) is 24.6. The average Bonchev–Trinajstić information content (AvgIpc) is 3.28. The molecule has 2 heterocycles. The number of para-hydroxylation sites is 1. The smallest absolute Gasteiger partial charge is 0.244 e. The number of nitrogens with zero attached hydrogens (tertiary/aromatic N) is 3. The van der Waals surface area contributed by atoms with Gasteiger partial charge in [0.25, 0.3) is 0 Å². The molecule has 166 valence electrons. The Balaban J connectivity index is 1.53. The number of nitrogens with one attached hydrogen (secondary N) is 1. The van der Waals surface area contributed by atoms with Crippen LogP contribution in [0, 0.1) is 0 Å². The summed E-state index contributed by atoms with van der Waals surface area (Å²) in [7, 11) is -3.89. The zero-order valence-electron chi connectivity index (χ0n) is 17.6. The molecule has 0 aliphatic carbocycles. The first-order chi connectivity index (χ1) is 15.4. The number of hydrogen-bond acceptors (Lipinski definition) is 5. The molecular formula is C23H24N4O4S. The molecule has 2 aromatic carbocycles. The molecule has 1 saturated heterocycles. The van der Waals surface area contributed by atoms with E-state index in [1.807, 2.05) is 30.3 Å². The molecule has 32 heavy (non-hydrogen) atoms. The highest BCUT2D eigenvalue weighted by Gasteiger charge is 2.37. The van der Waals surface area contributed by atoms with Gasteiger partial charge in [-0.2, -0.15) is 9.40 Å². The van der Waals surface area contributed by atoms with Crippen molar-refractivity contribution in [1.29, 1.82) is 0 Å². The van der Waals surface area contributed by atoms with Gasteiger partial charge in [0, 0.05) is 24.4 Å². The maximum absolute atomic E-state index is 13.3. The molecule has 1 atom stereocenters. The summed E-state index contributed by atoms with van der Waals surface area (Å²) in [6.07, 6.45) is 3.59. The van der Waals surface area contributed by atoms with E-state index in [1.54, 1.807) is 16.9 Å². The number of amides is 1. The highest BCUT2D eigenvalue weighted by molar-refractivity contribution is 7.89. The molecule has 1 aliphatic heterocycles. The Bertz CT molecular complexity index is 1220.